The van der Waals surface area contributed by atoms with Crippen LogP contribution >= 0.6 is 11.8 Å². The number of amides is 1. The topological polar surface area (TPSA) is 78.7 Å². The number of anilines is 1. The van der Waals surface area contributed by atoms with E-state index in [-0.39, 0.29) is 5.91 Å². The van der Waals surface area contributed by atoms with Crippen LogP contribution in [0.5, 0.6) is 0 Å². The summed E-state index contributed by atoms with van der Waals surface area (Å²) in [6, 6.07) is 9.72. The Labute approximate surface area is 132 Å². The van der Waals surface area contributed by atoms with E-state index in [0.29, 0.717) is 10.6 Å². The van der Waals surface area contributed by atoms with Crippen LogP contribution in [0.25, 0.3) is 0 Å². The quantitative estimate of drug-likeness (QED) is 0.943. The van der Waals surface area contributed by atoms with E-state index in [4.69, 9.17) is 0 Å². The molecule has 1 amide bonds. The number of carbonyl (C=O) groups excluding carboxylic acids is 1. The number of nitriles is 1. The molecule has 6 heteroatoms. The fourth-order valence-corrected chi connectivity index (χ4v) is 3.35. The van der Waals surface area contributed by atoms with Crippen molar-refractivity contribution in [1.29, 1.82) is 5.26 Å². The first kappa shape index (κ1) is 14.5. The minimum absolute atomic E-state index is 0.100. The lowest BCUT2D eigenvalue weighted by Gasteiger charge is -2.07. The van der Waals surface area contributed by atoms with Gasteiger partial charge < -0.3 is 5.32 Å². The van der Waals surface area contributed by atoms with Gasteiger partial charge in [0.15, 0.2) is 0 Å². The zero-order chi connectivity index (χ0) is 15.5. The first-order valence-electron chi connectivity index (χ1n) is 7.01. The Hall–Kier alpha value is -2.39. The molecule has 1 heterocycles. The molecule has 110 valence electrons. The number of hydrogen-bond acceptors (Lipinski definition) is 5. The first-order valence-corrected chi connectivity index (χ1v) is 7.83. The highest BCUT2D eigenvalue weighted by Gasteiger charge is 2.21. The van der Waals surface area contributed by atoms with E-state index in [9.17, 15) is 10.1 Å². The van der Waals surface area contributed by atoms with Crippen LogP contribution in [0, 0.1) is 11.3 Å². The van der Waals surface area contributed by atoms with Crippen molar-refractivity contribution in [2.75, 3.05) is 5.32 Å². The SMILES string of the molecule is CC(=O)Nc1ccc(Sc2nnc3c(c2C#N)CCC3)cc1. The van der Waals surface area contributed by atoms with Crippen molar-refractivity contribution in [3.05, 3.63) is 41.1 Å². The maximum atomic E-state index is 11.0. The van der Waals surface area contributed by atoms with Crippen molar-refractivity contribution in [3.8, 4) is 6.07 Å². The molecule has 22 heavy (non-hydrogen) atoms. The Morgan fingerprint density at radius 1 is 1.27 bits per heavy atom. The zero-order valence-corrected chi connectivity index (χ0v) is 12.9. The van der Waals surface area contributed by atoms with Gasteiger partial charge in [-0.05, 0) is 49.1 Å². The van der Waals surface area contributed by atoms with E-state index in [1.54, 1.807) is 0 Å². The maximum Gasteiger partial charge on any atom is 0.221 e. The fourth-order valence-electron chi connectivity index (χ4n) is 2.50. The minimum Gasteiger partial charge on any atom is -0.326 e. The van der Waals surface area contributed by atoms with Gasteiger partial charge in [-0.1, -0.05) is 11.8 Å². The van der Waals surface area contributed by atoms with Crippen LogP contribution in [-0.2, 0) is 17.6 Å². The van der Waals surface area contributed by atoms with Gasteiger partial charge >= 0.3 is 0 Å². The van der Waals surface area contributed by atoms with Crippen LogP contribution in [0.4, 0.5) is 5.69 Å². The minimum atomic E-state index is -0.100. The number of aryl methyl sites for hydroxylation is 1. The second-order valence-electron chi connectivity index (χ2n) is 5.08. The Balaban J connectivity index is 1.85. The predicted molar refractivity (Wildman–Crippen MR) is 83.6 cm³/mol. The molecule has 1 aromatic heterocycles. The molecule has 0 radical (unpaired) electrons. The van der Waals surface area contributed by atoms with Gasteiger partial charge in [0.05, 0.1) is 11.3 Å². The molecule has 1 aliphatic rings. The Morgan fingerprint density at radius 2 is 2.05 bits per heavy atom. The zero-order valence-electron chi connectivity index (χ0n) is 12.1. The van der Waals surface area contributed by atoms with Gasteiger partial charge in [0.2, 0.25) is 5.91 Å². The van der Waals surface area contributed by atoms with Crippen LogP contribution in [0.2, 0.25) is 0 Å². The number of carbonyl (C=O) groups is 1. The predicted octanol–water partition coefficient (Wildman–Crippen LogP) is 2.95. The number of fused-ring (bicyclic) bond motifs is 1. The Kier molecular flexibility index (Phi) is 4.07. The van der Waals surface area contributed by atoms with Crippen molar-refractivity contribution in [1.82, 2.24) is 10.2 Å². The molecule has 5 nitrogen and oxygen atoms in total. The Morgan fingerprint density at radius 3 is 2.73 bits per heavy atom. The number of aromatic nitrogens is 2. The largest absolute Gasteiger partial charge is 0.326 e. The highest BCUT2D eigenvalue weighted by Crippen LogP contribution is 2.33. The molecule has 0 aliphatic heterocycles. The number of rotatable bonds is 3. The molecular formula is C16H14N4OS. The number of nitrogens with zero attached hydrogens (tertiary/aromatic N) is 3. The second-order valence-corrected chi connectivity index (χ2v) is 6.14. The van der Waals surface area contributed by atoms with Crippen molar-refractivity contribution in [2.45, 2.75) is 36.1 Å². The summed E-state index contributed by atoms with van der Waals surface area (Å²) in [5, 5.41) is 21.2. The highest BCUT2D eigenvalue weighted by atomic mass is 32.2. The summed E-state index contributed by atoms with van der Waals surface area (Å²) in [7, 11) is 0. The van der Waals surface area contributed by atoms with E-state index in [1.165, 1.54) is 18.7 Å². The summed E-state index contributed by atoms with van der Waals surface area (Å²) in [6.07, 6.45) is 2.86. The molecule has 0 spiro atoms. The van der Waals surface area contributed by atoms with E-state index in [1.807, 2.05) is 24.3 Å². The molecule has 0 fully saturated rings. The van der Waals surface area contributed by atoms with Crippen LogP contribution in [-0.4, -0.2) is 16.1 Å². The van der Waals surface area contributed by atoms with Gasteiger partial charge in [0.1, 0.15) is 11.1 Å². The fraction of sp³-hybridized carbons (Fsp3) is 0.250. The molecule has 0 bridgehead atoms. The molecule has 0 atom stereocenters. The molecular weight excluding hydrogens is 296 g/mol. The number of benzene rings is 1. The third-order valence-corrected chi connectivity index (χ3v) is 4.45. The van der Waals surface area contributed by atoms with E-state index in [0.717, 1.165) is 41.1 Å². The summed E-state index contributed by atoms with van der Waals surface area (Å²) < 4.78 is 0. The van der Waals surface area contributed by atoms with Gasteiger partial charge in [-0.25, -0.2) is 0 Å². The summed E-state index contributed by atoms with van der Waals surface area (Å²) in [4.78, 5) is 12.0. The van der Waals surface area contributed by atoms with Crippen molar-refractivity contribution >= 4 is 23.4 Å². The first-order chi connectivity index (χ1) is 10.7. The normalized spacial score (nSPS) is 12.5. The van der Waals surface area contributed by atoms with Gasteiger partial charge in [-0.15, -0.1) is 5.10 Å². The third-order valence-electron chi connectivity index (χ3n) is 3.47. The van der Waals surface area contributed by atoms with E-state index in [2.05, 4.69) is 21.6 Å². The lowest BCUT2D eigenvalue weighted by Crippen LogP contribution is -2.05. The van der Waals surface area contributed by atoms with Gasteiger partial charge in [-0.3, -0.25) is 4.79 Å². The van der Waals surface area contributed by atoms with Gasteiger partial charge in [0, 0.05) is 17.5 Å². The summed E-state index contributed by atoms with van der Waals surface area (Å²) in [5.41, 5.74) is 3.41. The second kappa shape index (κ2) is 6.16. The lowest BCUT2D eigenvalue weighted by atomic mass is 10.1. The molecule has 0 unspecified atom stereocenters. The maximum absolute atomic E-state index is 11.0. The van der Waals surface area contributed by atoms with Gasteiger partial charge in [-0.2, -0.15) is 10.4 Å². The van der Waals surface area contributed by atoms with Crippen LogP contribution in [0.1, 0.15) is 30.2 Å². The van der Waals surface area contributed by atoms with Crippen LogP contribution < -0.4 is 5.32 Å². The van der Waals surface area contributed by atoms with Crippen molar-refractivity contribution < 1.29 is 4.79 Å². The van der Waals surface area contributed by atoms with Crippen LogP contribution in [0.15, 0.2) is 34.2 Å². The molecule has 0 saturated heterocycles. The molecule has 2 aromatic rings. The molecule has 1 N–H and O–H groups in total. The highest BCUT2D eigenvalue weighted by molar-refractivity contribution is 7.99. The van der Waals surface area contributed by atoms with E-state index >= 15 is 0 Å². The summed E-state index contributed by atoms with van der Waals surface area (Å²) >= 11 is 1.42. The Bertz CT molecular complexity index is 765. The van der Waals surface area contributed by atoms with Crippen LogP contribution in [0.3, 0.4) is 0 Å². The molecule has 3 rings (SSSR count). The summed E-state index contributed by atoms with van der Waals surface area (Å²) in [5.74, 6) is -0.100. The van der Waals surface area contributed by atoms with E-state index < -0.39 is 0 Å². The molecule has 1 aliphatic carbocycles. The smallest absolute Gasteiger partial charge is 0.221 e. The monoisotopic (exact) mass is 310 g/mol. The number of hydrogen-bond donors (Lipinski definition) is 1. The van der Waals surface area contributed by atoms with Crippen molar-refractivity contribution in [3.63, 3.8) is 0 Å². The number of nitrogens with one attached hydrogen (secondary N) is 1. The molecule has 1 aromatic carbocycles. The average molecular weight is 310 g/mol. The standard InChI is InChI=1S/C16H14N4OS/c1-10(21)18-11-5-7-12(8-6-11)22-16-14(9-17)13-3-2-4-15(13)19-20-16/h5-8H,2-4H2,1H3,(H,18,21). The average Bonchev–Trinajstić information content (AvgIpc) is 2.97. The third kappa shape index (κ3) is 2.95. The summed E-state index contributed by atoms with van der Waals surface area (Å²) in [6.45, 7) is 1.47. The molecule has 0 saturated carbocycles. The lowest BCUT2D eigenvalue weighted by molar-refractivity contribution is -0.114. The van der Waals surface area contributed by atoms with Crippen molar-refractivity contribution in [2.24, 2.45) is 0 Å². The van der Waals surface area contributed by atoms with Gasteiger partial charge in [0.25, 0.3) is 0 Å².